The largest absolute Gasteiger partial charge is 0.441 e. The summed E-state index contributed by atoms with van der Waals surface area (Å²) in [6.45, 7) is 0.383. The summed E-state index contributed by atoms with van der Waals surface area (Å²) in [6.07, 6.45) is 8.12. The second-order valence-corrected chi connectivity index (χ2v) is 8.66. The van der Waals surface area contributed by atoms with E-state index in [-0.39, 0.29) is 11.6 Å². The van der Waals surface area contributed by atoms with E-state index in [4.69, 9.17) is 9.72 Å². The van der Waals surface area contributed by atoms with Crippen molar-refractivity contribution in [3.05, 3.63) is 72.8 Å². The van der Waals surface area contributed by atoms with Gasteiger partial charge in [0.2, 0.25) is 0 Å². The fraction of sp³-hybridized carbons (Fsp3) is 0.292. The van der Waals surface area contributed by atoms with E-state index in [1.54, 1.807) is 30.7 Å². The number of benzene rings is 2. The van der Waals surface area contributed by atoms with E-state index in [1.807, 2.05) is 29.0 Å². The molecule has 1 N–H and O–H groups in total. The van der Waals surface area contributed by atoms with Gasteiger partial charge in [-0.15, -0.1) is 0 Å². The zero-order chi connectivity index (χ0) is 21.7. The molecule has 1 saturated carbocycles. The van der Waals surface area contributed by atoms with Crippen LogP contribution in [0.2, 0.25) is 0 Å². The predicted octanol–water partition coefficient (Wildman–Crippen LogP) is 4.94. The molecule has 7 nitrogen and oxygen atoms in total. The summed E-state index contributed by atoms with van der Waals surface area (Å²) in [4.78, 5) is 26.4. The van der Waals surface area contributed by atoms with Crippen LogP contribution in [0.5, 0.6) is 0 Å². The number of carbonyl (C=O) groups is 1. The molecular formula is C24H22FN5O2. The van der Waals surface area contributed by atoms with Gasteiger partial charge >= 0.3 is 6.09 Å². The summed E-state index contributed by atoms with van der Waals surface area (Å²) < 4.78 is 22.0. The van der Waals surface area contributed by atoms with Gasteiger partial charge in [-0.25, -0.2) is 19.2 Å². The van der Waals surface area contributed by atoms with Gasteiger partial charge in [-0.2, -0.15) is 0 Å². The maximum absolute atomic E-state index is 14.2. The summed E-state index contributed by atoms with van der Waals surface area (Å²) in [6, 6.07) is 12.5. The van der Waals surface area contributed by atoms with Crippen LogP contribution in [-0.2, 0) is 4.74 Å². The SMILES string of the molecule is O=C1OC2(CCC(c3nc4cc(-n5ccnc5)ccc4[nH]3)CC2)CN1c1ccccc1F. The van der Waals surface area contributed by atoms with E-state index in [9.17, 15) is 9.18 Å². The van der Waals surface area contributed by atoms with Gasteiger partial charge in [0.05, 0.1) is 29.6 Å². The van der Waals surface area contributed by atoms with Crippen LogP contribution < -0.4 is 4.90 Å². The minimum Gasteiger partial charge on any atom is -0.441 e. The van der Waals surface area contributed by atoms with E-state index in [1.165, 1.54) is 11.0 Å². The van der Waals surface area contributed by atoms with Crippen LogP contribution in [0.3, 0.4) is 0 Å². The highest BCUT2D eigenvalue weighted by Crippen LogP contribution is 2.44. The minimum atomic E-state index is -0.559. The van der Waals surface area contributed by atoms with Crippen molar-refractivity contribution in [3.63, 3.8) is 0 Å². The number of carbonyl (C=O) groups excluding carboxylic acids is 1. The standard InChI is InChI=1S/C24H22FN5O2/c25-18-3-1-2-4-21(18)30-14-24(32-23(30)31)9-7-16(8-10-24)22-27-19-6-5-17(13-20(19)28-22)29-12-11-26-15-29/h1-6,11-13,15-16H,7-10,14H2,(H,27,28). The average Bonchev–Trinajstić information content (AvgIpc) is 3.53. The first-order chi connectivity index (χ1) is 15.6. The summed E-state index contributed by atoms with van der Waals surface area (Å²) in [5.74, 6) is 0.825. The van der Waals surface area contributed by atoms with Crippen molar-refractivity contribution in [2.45, 2.75) is 37.2 Å². The number of fused-ring (bicyclic) bond motifs is 1. The van der Waals surface area contributed by atoms with E-state index in [2.05, 4.69) is 9.97 Å². The average molecular weight is 431 g/mol. The number of nitrogens with one attached hydrogen (secondary N) is 1. The van der Waals surface area contributed by atoms with Crippen LogP contribution in [0.15, 0.2) is 61.2 Å². The van der Waals surface area contributed by atoms with Crippen molar-refractivity contribution in [2.24, 2.45) is 0 Å². The van der Waals surface area contributed by atoms with Crippen molar-refractivity contribution >= 4 is 22.8 Å². The number of para-hydroxylation sites is 1. The number of hydrogen-bond donors (Lipinski definition) is 1. The molecule has 1 aliphatic carbocycles. The Morgan fingerprint density at radius 3 is 2.78 bits per heavy atom. The number of amides is 1. The highest BCUT2D eigenvalue weighted by molar-refractivity contribution is 5.90. The molecule has 3 heterocycles. The number of ether oxygens (including phenoxy) is 1. The van der Waals surface area contributed by atoms with Gasteiger partial charge in [-0.3, -0.25) is 4.90 Å². The lowest BCUT2D eigenvalue weighted by molar-refractivity contribution is 0.0208. The van der Waals surface area contributed by atoms with Crippen LogP contribution in [-0.4, -0.2) is 37.8 Å². The third kappa shape index (κ3) is 3.14. The van der Waals surface area contributed by atoms with Crippen molar-refractivity contribution in [1.29, 1.82) is 0 Å². The summed E-state index contributed by atoms with van der Waals surface area (Å²) in [5.41, 5.74) is 2.66. The van der Waals surface area contributed by atoms with E-state index < -0.39 is 17.5 Å². The van der Waals surface area contributed by atoms with Gasteiger partial charge in [0.15, 0.2) is 0 Å². The van der Waals surface area contributed by atoms with Crippen molar-refractivity contribution in [3.8, 4) is 5.69 Å². The molecule has 0 atom stereocenters. The lowest BCUT2D eigenvalue weighted by atomic mass is 9.78. The number of aromatic nitrogens is 4. The number of nitrogens with zero attached hydrogens (tertiary/aromatic N) is 4. The number of H-pyrrole nitrogens is 1. The molecule has 0 bridgehead atoms. The van der Waals surface area contributed by atoms with Gasteiger partial charge in [0.1, 0.15) is 17.2 Å². The molecule has 2 aromatic heterocycles. The fourth-order valence-corrected chi connectivity index (χ4v) is 4.94. The molecule has 4 aromatic rings. The number of imidazole rings is 2. The molecular weight excluding hydrogens is 409 g/mol. The number of rotatable bonds is 3. The number of halogens is 1. The molecule has 1 amide bonds. The number of aromatic amines is 1. The molecule has 32 heavy (non-hydrogen) atoms. The normalized spacial score (nSPS) is 23.2. The maximum Gasteiger partial charge on any atom is 0.415 e. The van der Waals surface area contributed by atoms with Crippen LogP contribution in [0.1, 0.15) is 37.4 Å². The highest BCUT2D eigenvalue weighted by Gasteiger charge is 2.48. The zero-order valence-electron chi connectivity index (χ0n) is 17.4. The van der Waals surface area contributed by atoms with Gasteiger partial charge in [-0.05, 0) is 56.0 Å². The molecule has 2 aliphatic rings. The number of hydrogen-bond acceptors (Lipinski definition) is 4. The minimum absolute atomic E-state index is 0.269. The smallest absolute Gasteiger partial charge is 0.415 e. The lowest BCUT2D eigenvalue weighted by Gasteiger charge is -2.34. The van der Waals surface area contributed by atoms with E-state index in [0.717, 1.165) is 48.2 Å². The topological polar surface area (TPSA) is 76.0 Å². The Kier molecular flexibility index (Phi) is 4.28. The first-order valence-corrected chi connectivity index (χ1v) is 10.8. The van der Waals surface area contributed by atoms with Gasteiger partial charge in [0.25, 0.3) is 0 Å². The molecule has 0 radical (unpaired) electrons. The van der Waals surface area contributed by atoms with Gasteiger partial charge in [-0.1, -0.05) is 12.1 Å². The first kappa shape index (κ1) is 19.0. The summed E-state index contributed by atoms with van der Waals surface area (Å²) in [5, 5.41) is 0. The first-order valence-electron chi connectivity index (χ1n) is 10.8. The zero-order valence-corrected chi connectivity index (χ0v) is 17.4. The Morgan fingerprint density at radius 1 is 1.16 bits per heavy atom. The Hall–Kier alpha value is -3.68. The van der Waals surface area contributed by atoms with Crippen LogP contribution >= 0.6 is 0 Å². The second kappa shape index (κ2) is 7.19. The van der Waals surface area contributed by atoms with E-state index >= 15 is 0 Å². The van der Waals surface area contributed by atoms with Crippen LogP contribution in [0.4, 0.5) is 14.9 Å². The third-order valence-corrected chi connectivity index (χ3v) is 6.68. The Bertz CT molecular complexity index is 1290. The molecule has 1 spiro atoms. The predicted molar refractivity (Wildman–Crippen MR) is 117 cm³/mol. The van der Waals surface area contributed by atoms with Crippen LogP contribution in [0.25, 0.3) is 16.7 Å². The Labute approximate surface area is 183 Å². The molecule has 0 unspecified atom stereocenters. The van der Waals surface area contributed by atoms with Gasteiger partial charge in [0, 0.05) is 24.0 Å². The Balaban J connectivity index is 1.19. The van der Waals surface area contributed by atoms with Crippen LogP contribution in [0, 0.1) is 5.82 Å². The fourth-order valence-electron chi connectivity index (χ4n) is 4.94. The van der Waals surface area contributed by atoms with E-state index in [0.29, 0.717) is 6.54 Å². The number of anilines is 1. The molecule has 2 aromatic carbocycles. The maximum atomic E-state index is 14.2. The molecule has 6 rings (SSSR count). The van der Waals surface area contributed by atoms with Crippen molar-refractivity contribution in [1.82, 2.24) is 19.5 Å². The highest BCUT2D eigenvalue weighted by atomic mass is 19.1. The third-order valence-electron chi connectivity index (χ3n) is 6.68. The second-order valence-electron chi connectivity index (χ2n) is 8.66. The molecule has 1 saturated heterocycles. The summed E-state index contributed by atoms with van der Waals surface area (Å²) >= 11 is 0. The van der Waals surface area contributed by atoms with Gasteiger partial charge < -0.3 is 14.3 Å². The molecule has 1 aliphatic heterocycles. The molecule has 8 heteroatoms. The van der Waals surface area contributed by atoms with Crippen molar-refractivity contribution < 1.29 is 13.9 Å². The monoisotopic (exact) mass is 431 g/mol. The van der Waals surface area contributed by atoms with Crippen molar-refractivity contribution in [2.75, 3.05) is 11.4 Å². The molecule has 162 valence electrons. The summed E-state index contributed by atoms with van der Waals surface area (Å²) in [7, 11) is 0. The molecule has 2 fully saturated rings. The Morgan fingerprint density at radius 2 is 2.00 bits per heavy atom. The lowest BCUT2D eigenvalue weighted by Crippen LogP contribution is -2.38. The quantitative estimate of drug-likeness (QED) is 0.498.